The Kier molecular flexibility index (Phi) is 5.64. The van der Waals surface area contributed by atoms with Crippen LogP contribution in [0.1, 0.15) is 36.7 Å². The van der Waals surface area contributed by atoms with Gasteiger partial charge in [-0.1, -0.05) is 31.2 Å². The van der Waals surface area contributed by atoms with Crippen LogP contribution in [0.4, 0.5) is 0 Å². The minimum atomic E-state index is 0.213. The van der Waals surface area contributed by atoms with Gasteiger partial charge in [-0.15, -0.1) is 0 Å². The Bertz CT molecular complexity index is 610. The zero-order chi connectivity index (χ0) is 15.9. The Balaban J connectivity index is 1.92. The van der Waals surface area contributed by atoms with Crippen molar-refractivity contribution in [3.05, 3.63) is 59.4 Å². The summed E-state index contributed by atoms with van der Waals surface area (Å²) in [6.07, 6.45) is 3.12. The molecule has 1 unspecified atom stereocenters. The summed E-state index contributed by atoms with van der Waals surface area (Å²) < 4.78 is 2.10. The molecule has 4 nitrogen and oxygen atoms in total. The van der Waals surface area contributed by atoms with Gasteiger partial charge < -0.3 is 15.2 Å². The lowest BCUT2D eigenvalue weighted by atomic mass is 10.1. The van der Waals surface area contributed by atoms with E-state index in [0.717, 1.165) is 18.9 Å². The van der Waals surface area contributed by atoms with Crippen LogP contribution in [0.2, 0.25) is 0 Å². The fourth-order valence-corrected chi connectivity index (χ4v) is 2.38. The minimum absolute atomic E-state index is 0.213. The first-order valence-corrected chi connectivity index (χ1v) is 7.80. The molecule has 22 heavy (non-hydrogen) atoms. The molecule has 0 saturated carbocycles. The van der Waals surface area contributed by atoms with Crippen LogP contribution in [-0.2, 0) is 20.0 Å². The maximum atomic E-state index is 4.30. The van der Waals surface area contributed by atoms with Gasteiger partial charge in [0.05, 0.1) is 12.6 Å². The predicted octanol–water partition coefficient (Wildman–Crippen LogP) is 3.01. The second kappa shape index (κ2) is 7.69. The van der Waals surface area contributed by atoms with Gasteiger partial charge >= 0.3 is 0 Å². The van der Waals surface area contributed by atoms with Crippen LogP contribution in [0.3, 0.4) is 0 Å². The van der Waals surface area contributed by atoms with E-state index >= 15 is 0 Å². The van der Waals surface area contributed by atoms with Gasteiger partial charge in [0.2, 0.25) is 0 Å². The normalized spacial score (nSPS) is 13.0. The summed E-state index contributed by atoms with van der Waals surface area (Å²) in [6.45, 7) is 5.08. The third-order valence-electron chi connectivity index (χ3n) is 3.95. The van der Waals surface area contributed by atoms with Crippen LogP contribution in [0.25, 0.3) is 0 Å². The van der Waals surface area contributed by atoms with Crippen molar-refractivity contribution in [3.63, 3.8) is 0 Å². The fourth-order valence-electron chi connectivity index (χ4n) is 2.38. The van der Waals surface area contributed by atoms with Gasteiger partial charge in [-0.2, -0.15) is 0 Å². The molecule has 0 radical (unpaired) electrons. The van der Waals surface area contributed by atoms with Crippen LogP contribution in [0.5, 0.6) is 0 Å². The Morgan fingerprint density at radius 1 is 1.23 bits per heavy atom. The number of nitrogens with zero attached hydrogens (tertiary/aromatic N) is 2. The number of nitrogens with one attached hydrogen (secondary N) is 2. The molecule has 0 saturated heterocycles. The van der Waals surface area contributed by atoms with Crippen molar-refractivity contribution in [3.8, 4) is 0 Å². The standard InChI is InChI=1S/C18H26N4/c1-5-15-8-10-16(11-9-15)14(2)21-18(19-3)20-13-17-7-6-12-22(17)4/h6-12,14H,5,13H2,1-4H3,(H2,19,20,21). The maximum Gasteiger partial charge on any atom is 0.191 e. The van der Waals surface area contributed by atoms with E-state index in [1.54, 1.807) is 7.05 Å². The Labute approximate surface area is 133 Å². The molecule has 118 valence electrons. The van der Waals surface area contributed by atoms with Crippen molar-refractivity contribution >= 4 is 5.96 Å². The van der Waals surface area contributed by atoms with Gasteiger partial charge in [0, 0.05) is 26.0 Å². The van der Waals surface area contributed by atoms with E-state index in [2.05, 4.69) is 64.4 Å². The first kappa shape index (κ1) is 16.1. The van der Waals surface area contributed by atoms with Crippen molar-refractivity contribution in [2.24, 2.45) is 12.0 Å². The van der Waals surface area contributed by atoms with Crippen molar-refractivity contribution in [1.29, 1.82) is 0 Å². The highest BCUT2D eigenvalue weighted by Crippen LogP contribution is 2.13. The third-order valence-corrected chi connectivity index (χ3v) is 3.95. The number of rotatable bonds is 5. The molecule has 2 aromatic rings. The molecule has 4 heteroatoms. The summed E-state index contributed by atoms with van der Waals surface area (Å²) >= 11 is 0. The highest BCUT2D eigenvalue weighted by molar-refractivity contribution is 5.80. The third kappa shape index (κ3) is 4.13. The fraction of sp³-hybridized carbons (Fsp3) is 0.389. The van der Waals surface area contributed by atoms with Crippen molar-refractivity contribution < 1.29 is 0 Å². The molecule has 1 aromatic heterocycles. The number of aliphatic imine (C=N–C) groups is 1. The summed E-state index contributed by atoms with van der Waals surface area (Å²) in [5.41, 5.74) is 3.85. The van der Waals surface area contributed by atoms with Crippen LogP contribution in [0.15, 0.2) is 47.6 Å². The van der Waals surface area contributed by atoms with Crippen LogP contribution in [-0.4, -0.2) is 17.6 Å². The molecule has 1 heterocycles. The molecule has 0 fully saturated rings. The highest BCUT2D eigenvalue weighted by Gasteiger charge is 2.08. The molecular weight excluding hydrogens is 272 g/mol. The van der Waals surface area contributed by atoms with Crippen molar-refractivity contribution in [2.75, 3.05) is 7.05 Å². The monoisotopic (exact) mass is 298 g/mol. The van der Waals surface area contributed by atoms with E-state index in [4.69, 9.17) is 0 Å². The van der Waals surface area contributed by atoms with E-state index in [-0.39, 0.29) is 6.04 Å². The molecule has 1 atom stereocenters. The summed E-state index contributed by atoms with van der Waals surface area (Å²) in [5.74, 6) is 0.813. The van der Waals surface area contributed by atoms with Crippen molar-refractivity contribution in [2.45, 2.75) is 32.9 Å². The Hall–Kier alpha value is -2.23. The first-order chi connectivity index (χ1) is 10.6. The molecular formula is C18H26N4. The largest absolute Gasteiger partial charge is 0.353 e. The smallest absolute Gasteiger partial charge is 0.191 e. The van der Waals surface area contributed by atoms with Gasteiger partial charge in [0.15, 0.2) is 5.96 Å². The summed E-state index contributed by atoms with van der Waals surface area (Å²) in [6, 6.07) is 13.1. The van der Waals surface area contributed by atoms with Crippen LogP contribution < -0.4 is 10.6 Å². The van der Waals surface area contributed by atoms with E-state index in [1.165, 1.54) is 16.8 Å². The maximum absolute atomic E-state index is 4.30. The van der Waals surface area contributed by atoms with Gasteiger partial charge in [-0.05, 0) is 36.6 Å². The number of guanidine groups is 1. The molecule has 0 aliphatic carbocycles. The van der Waals surface area contributed by atoms with E-state index in [0.29, 0.717) is 0 Å². The molecule has 2 N–H and O–H groups in total. The first-order valence-electron chi connectivity index (χ1n) is 7.80. The minimum Gasteiger partial charge on any atom is -0.353 e. The molecule has 0 spiro atoms. The molecule has 2 rings (SSSR count). The van der Waals surface area contributed by atoms with Gasteiger partial charge in [-0.25, -0.2) is 0 Å². The number of hydrogen-bond donors (Lipinski definition) is 2. The molecule has 0 bridgehead atoms. The number of aryl methyl sites for hydroxylation is 2. The lowest BCUT2D eigenvalue weighted by molar-refractivity contribution is 0.676. The quantitative estimate of drug-likeness (QED) is 0.658. The second-order valence-electron chi connectivity index (χ2n) is 5.50. The van der Waals surface area contributed by atoms with E-state index < -0.39 is 0 Å². The second-order valence-corrected chi connectivity index (χ2v) is 5.50. The summed E-state index contributed by atoms with van der Waals surface area (Å²) in [4.78, 5) is 4.30. The Morgan fingerprint density at radius 2 is 1.95 bits per heavy atom. The lowest BCUT2D eigenvalue weighted by Crippen LogP contribution is -2.38. The topological polar surface area (TPSA) is 41.4 Å². The summed E-state index contributed by atoms with van der Waals surface area (Å²) in [7, 11) is 3.85. The number of aromatic nitrogens is 1. The van der Waals surface area contributed by atoms with Gasteiger partial charge in [0.1, 0.15) is 0 Å². The van der Waals surface area contributed by atoms with E-state index in [1.807, 2.05) is 19.3 Å². The molecule has 0 aliphatic rings. The Morgan fingerprint density at radius 3 is 2.50 bits per heavy atom. The molecule has 0 aliphatic heterocycles. The van der Waals surface area contributed by atoms with Crippen LogP contribution in [0, 0.1) is 0 Å². The number of benzene rings is 1. The molecule has 1 aromatic carbocycles. The lowest BCUT2D eigenvalue weighted by Gasteiger charge is -2.18. The van der Waals surface area contributed by atoms with Gasteiger partial charge in [-0.3, -0.25) is 4.99 Å². The number of hydrogen-bond acceptors (Lipinski definition) is 1. The summed E-state index contributed by atoms with van der Waals surface area (Å²) in [5, 5.41) is 6.79. The van der Waals surface area contributed by atoms with Crippen molar-refractivity contribution in [1.82, 2.24) is 15.2 Å². The SMILES string of the molecule is CCc1ccc(C(C)NC(=NC)NCc2cccn2C)cc1. The van der Waals surface area contributed by atoms with Gasteiger partial charge in [0.25, 0.3) is 0 Å². The molecule has 0 amide bonds. The highest BCUT2D eigenvalue weighted by atomic mass is 15.2. The zero-order valence-corrected chi connectivity index (χ0v) is 13.9. The predicted molar refractivity (Wildman–Crippen MR) is 93.0 cm³/mol. The van der Waals surface area contributed by atoms with E-state index in [9.17, 15) is 0 Å². The zero-order valence-electron chi connectivity index (χ0n) is 13.9. The van der Waals surface area contributed by atoms with Crippen LogP contribution >= 0.6 is 0 Å². The average Bonchev–Trinajstić information content (AvgIpc) is 2.96. The average molecular weight is 298 g/mol.